The summed E-state index contributed by atoms with van der Waals surface area (Å²) in [6, 6.07) is 3.47. The quantitative estimate of drug-likeness (QED) is 0.454. The fourth-order valence-corrected chi connectivity index (χ4v) is 2.07. The van der Waals surface area contributed by atoms with Gasteiger partial charge in [-0.25, -0.2) is 18.0 Å². The number of nitrogens with one attached hydrogen (secondary N) is 1. The van der Waals surface area contributed by atoms with E-state index in [9.17, 15) is 23.1 Å². The van der Waals surface area contributed by atoms with Gasteiger partial charge in [0, 0.05) is 6.26 Å². The molecule has 22 heavy (non-hydrogen) atoms. The Labute approximate surface area is 127 Å². The van der Waals surface area contributed by atoms with Crippen molar-refractivity contribution in [3.05, 3.63) is 30.0 Å². The van der Waals surface area contributed by atoms with Gasteiger partial charge >= 0.3 is 11.9 Å². The summed E-state index contributed by atoms with van der Waals surface area (Å²) >= 11 is 0. The maximum absolute atomic E-state index is 11.6. The molecule has 0 unspecified atom stereocenters. The van der Waals surface area contributed by atoms with Gasteiger partial charge in [-0.2, -0.15) is 0 Å². The first-order chi connectivity index (χ1) is 10.2. The molecule has 0 aromatic heterocycles. The molecular weight excluding hydrogens is 314 g/mol. The molecule has 0 aliphatic heterocycles. The van der Waals surface area contributed by atoms with E-state index < -0.39 is 21.8 Å². The van der Waals surface area contributed by atoms with E-state index in [1.807, 2.05) is 0 Å². The maximum Gasteiger partial charge on any atom is 0.354 e. The second-order valence-corrected chi connectivity index (χ2v) is 6.16. The highest BCUT2D eigenvalue weighted by Crippen LogP contribution is 2.27. The van der Waals surface area contributed by atoms with Crippen LogP contribution in [-0.4, -0.2) is 45.9 Å². The van der Waals surface area contributed by atoms with Crippen LogP contribution in [0.15, 0.2) is 34.9 Å². The van der Waals surface area contributed by atoms with Crippen LogP contribution in [0, 0.1) is 0 Å². The molecular formula is C13H15NO7S. The van der Waals surface area contributed by atoms with Gasteiger partial charge in [-0.15, -0.1) is 0 Å². The number of aromatic hydroxyl groups is 1. The second kappa shape index (κ2) is 6.94. The molecule has 0 fully saturated rings. The topological polar surface area (TPSA) is 119 Å². The second-order valence-electron chi connectivity index (χ2n) is 4.15. The Bertz CT molecular complexity index is 722. The van der Waals surface area contributed by atoms with Crippen LogP contribution in [0.4, 0.5) is 5.69 Å². The van der Waals surface area contributed by atoms with Crippen LogP contribution in [0.2, 0.25) is 0 Å². The highest BCUT2D eigenvalue weighted by atomic mass is 32.2. The van der Waals surface area contributed by atoms with Crippen LogP contribution in [0.1, 0.15) is 0 Å². The molecule has 0 spiro atoms. The van der Waals surface area contributed by atoms with Gasteiger partial charge in [0.1, 0.15) is 11.4 Å². The number of sulfone groups is 1. The molecule has 0 atom stereocenters. The third-order valence-electron chi connectivity index (χ3n) is 2.53. The van der Waals surface area contributed by atoms with Crippen molar-refractivity contribution in [1.29, 1.82) is 0 Å². The number of benzene rings is 1. The number of methoxy groups -OCH3 is 2. The fourth-order valence-electron chi connectivity index (χ4n) is 1.42. The zero-order chi connectivity index (χ0) is 16.9. The van der Waals surface area contributed by atoms with Crippen LogP contribution in [-0.2, 0) is 28.9 Å². The smallest absolute Gasteiger partial charge is 0.354 e. The minimum absolute atomic E-state index is 0.0740. The maximum atomic E-state index is 11.6. The van der Waals surface area contributed by atoms with E-state index in [4.69, 9.17) is 0 Å². The number of ether oxygens (including phenoxy) is 2. The van der Waals surface area contributed by atoms with Crippen molar-refractivity contribution in [1.82, 2.24) is 0 Å². The van der Waals surface area contributed by atoms with Crippen LogP contribution < -0.4 is 5.32 Å². The highest BCUT2D eigenvalue weighted by Gasteiger charge is 2.16. The van der Waals surface area contributed by atoms with E-state index in [0.29, 0.717) is 0 Å². The largest absolute Gasteiger partial charge is 0.506 e. The number of anilines is 1. The standard InChI is InChI=1S/C13H15NO7S/c1-20-12(16)7-10(13(17)21-2)14-9-6-8(22(3,18)19)4-5-11(9)15/h4-7,14-15H,1-3H3/b10-7+. The van der Waals surface area contributed by atoms with Gasteiger partial charge in [-0.3, -0.25) is 0 Å². The summed E-state index contributed by atoms with van der Waals surface area (Å²) in [7, 11) is -1.29. The Hall–Kier alpha value is -2.55. The van der Waals surface area contributed by atoms with E-state index >= 15 is 0 Å². The van der Waals surface area contributed by atoms with Crippen molar-refractivity contribution in [2.24, 2.45) is 0 Å². The lowest BCUT2D eigenvalue weighted by Gasteiger charge is -2.11. The number of phenolic OH excluding ortho intramolecular Hbond substituents is 1. The fraction of sp³-hybridized carbons (Fsp3) is 0.231. The Morgan fingerprint density at radius 2 is 1.86 bits per heavy atom. The van der Waals surface area contributed by atoms with Crippen molar-refractivity contribution < 1.29 is 32.6 Å². The molecule has 9 heteroatoms. The third kappa shape index (κ3) is 4.48. The molecule has 1 aromatic rings. The Morgan fingerprint density at radius 3 is 2.36 bits per heavy atom. The van der Waals surface area contributed by atoms with Gasteiger partial charge in [0.15, 0.2) is 9.84 Å². The summed E-state index contributed by atoms with van der Waals surface area (Å²) in [4.78, 5) is 22.8. The van der Waals surface area contributed by atoms with Crippen molar-refractivity contribution in [2.75, 3.05) is 25.8 Å². The third-order valence-corrected chi connectivity index (χ3v) is 3.64. The average Bonchev–Trinajstić information content (AvgIpc) is 2.46. The first-order valence-corrected chi connectivity index (χ1v) is 7.76. The monoisotopic (exact) mass is 329 g/mol. The number of esters is 2. The summed E-state index contributed by atoms with van der Waals surface area (Å²) < 4.78 is 31.9. The summed E-state index contributed by atoms with van der Waals surface area (Å²) in [5.74, 6) is -2.03. The predicted molar refractivity (Wildman–Crippen MR) is 77.0 cm³/mol. The number of carbonyl (C=O) groups is 2. The zero-order valence-electron chi connectivity index (χ0n) is 12.1. The lowest BCUT2D eigenvalue weighted by atomic mass is 10.2. The lowest BCUT2D eigenvalue weighted by Crippen LogP contribution is -2.15. The van der Waals surface area contributed by atoms with Crippen LogP contribution in [0.5, 0.6) is 5.75 Å². The molecule has 0 bridgehead atoms. The minimum Gasteiger partial charge on any atom is -0.506 e. The van der Waals surface area contributed by atoms with Gasteiger partial charge in [0.25, 0.3) is 0 Å². The predicted octanol–water partition coefficient (Wildman–Crippen LogP) is 0.437. The lowest BCUT2D eigenvalue weighted by molar-refractivity contribution is -0.138. The van der Waals surface area contributed by atoms with Gasteiger partial charge in [-0.05, 0) is 18.2 Å². The van der Waals surface area contributed by atoms with Crippen LogP contribution >= 0.6 is 0 Å². The van der Waals surface area contributed by atoms with Crippen molar-refractivity contribution >= 4 is 27.5 Å². The van der Waals surface area contributed by atoms with Gasteiger partial charge in [0.05, 0.1) is 30.9 Å². The van der Waals surface area contributed by atoms with Gasteiger partial charge in [0.2, 0.25) is 0 Å². The molecule has 0 saturated heterocycles. The molecule has 0 aliphatic carbocycles. The van der Waals surface area contributed by atoms with E-state index in [1.54, 1.807) is 0 Å². The normalized spacial score (nSPS) is 11.7. The first kappa shape index (κ1) is 17.5. The molecule has 8 nitrogen and oxygen atoms in total. The molecule has 120 valence electrons. The van der Waals surface area contributed by atoms with Crippen LogP contribution in [0.25, 0.3) is 0 Å². The molecule has 2 N–H and O–H groups in total. The highest BCUT2D eigenvalue weighted by molar-refractivity contribution is 7.90. The van der Waals surface area contributed by atoms with Crippen LogP contribution in [0.3, 0.4) is 0 Å². The molecule has 0 radical (unpaired) electrons. The van der Waals surface area contributed by atoms with E-state index in [0.717, 1.165) is 38.7 Å². The summed E-state index contributed by atoms with van der Waals surface area (Å²) in [5, 5.41) is 12.2. The average molecular weight is 329 g/mol. The number of phenols is 1. The Balaban J connectivity index is 3.27. The Kier molecular flexibility index (Phi) is 5.52. The molecule has 0 aliphatic rings. The molecule has 0 heterocycles. The van der Waals surface area contributed by atoms with Gasteiger partial charge < -0.3 is 19.9 Å². The molecule has 1 rings (SSSR count). The number of carbonyl (C=O) groups excluding carboxylic acids is 2. The summed E-state index contributed by atoms with van der Waals surface area (Å²) in [5.41, 5.74) is -0.404. The molecule has 1 aromatic carbocycles. The van der Waals surface area contributed by atoms with Crippen molar-refractivity contribution in [3.8, 4) is 5.75 Å². The Morgan fingerprint density at radius 1 is 1.23 bits per heavy atom. The zero-order valence-corrected chi connectivity index (χ0v) is 12.9. The first-order valence-electron chi connectivity index (χ1n) is 5.87. The van der Waals surface area contributed by atoms with Gasteiger partial charge in [-0.1, -0.05) is 0 Å². The summed E-state index contributed by atoms with van der Waals surface area (Å²) in [6.07, 6.45) is 1.81. The number of rotatable bonds is 5. The van der Waals surface area contributed by atoms with E-state index in [1.165, 1.54) is 6.07 Å². The number of hydrogen-bond donors (Lipinski definition) is 2. The van der Waals surface area contributed by atoms with E-state index in [2.05, 4.69) is 14.8 Å². The van der Waals surface area contributed by atoms with Crippen molar-refractivity contribution in [2.45, 2.75) is 4.90 Å². The minimum atomic E-state index is -3.51. The summed E-state index contributed by atoms with van der Waals surface area (Å²) in [6.45, 7) is 0. The number of hydrogen-bond acceptors (Lipinski definition) is 8. The van der Waals surface area contributed by atoms with E-state index in [-0.39, 0.29) is 22.0 Å². The SMILES string of the molecule is COC(=O)/C=C(/Nc1cc(S(C)(=O)=O)ccc1O)C(=O)OC. The van der Waals surface area contributed by atoms with Crippen molar-refractivity contribution in [3.63, 3.8) is 0 Å². The molecule has 0 amide bonds. The molecule has 0 saturated carbocycles.